The van der Waals surface area contributed by atoms with Gasteiger partial charge in [0.1, 0.15) is 12.6 Å². The van der Waals surface area contributed by atoms with Crippen LogP contribution in [0.2, 0.25) is 0 Å². The van der Waals surface area contributed by atoms with Crippen LogP contribution in [-0.2, 0) is 26.2 Å². The minimum Gasteiger partial charge on any atom is -0.352 e. The molecule has 0 aliphatic heterocycles. The van der Waals surface area contributed by atoms with Crippen LogP contribution in [0.5, 0.6) is 0 Å². The fourth-order valence-electron chi connectivity index (χ4n) is 4.11. The predicted molar refractivity (Wildman–Crippen MR) is 159 cm³/mol. The van der Waals surface area contributed by atoms with Gasteiger partial charge < -0.3 is 10.2 Å². The molecular formula is C30H36BrN3O4S. The summed E-state index contributed by atoms with van der Waals surface area (Å²) in [4.78, 5) is 28.5. The Morgan fingerprint density at radius 1 is 0.872 bits per heavy atom. The van der Waals surface area contributed by atoms with Gasteiger partial charge in [-0.25, -0.2) is 8.42 Å². The van der Waals surface area contributed by atoms with E-state index in [0.717, 1.165) is 25.5 Å². The Morgan fingerprint density at radius 2 is 1.46 bits per heavy atom. The number of benzene rings is 3. The molecule has 3 rings (SSSR count). The van der Waals surface area contributed by atoms with E-state index < -0.39 is 28.5 Å². The zero-order valence-corrected chi connectivity index (χ0v) is 25.6. The number of aryl methyl sites for hydroxylation is 3. The Morgan fingerprint density at radius 3 is 2.05 bits per heavy atom. The molecule has 1 N–H and O–H groups in total. The second kappa shape index (κ2) is 12.8. The Hall–Kier alpha value is -3.17. The first kappa shape index (κ1) is 30.4. The summed E-state index contributed by atoms with van der Waals surface area (Å²) < 4.78 is 30.0. The smallest absolute Gasteiger partial charge is 0.264 e. The number of nitrogens with one attached hydrogen (secondary N) is 1. The lowest BCUT2D eigenvalue weighted by Crippen LogP contribution is -2.52. The Labute approximate surface area is 240 Å². The Bertz CT molecular complexity index is 1420. The third-order valence-corrected chi connectivity index (χ3v) is 8.69. The number of sulfonamides is 1. The molecule has 1 unspecified atom stereocenters. The van der Waals surface area contributed by atoms with Crippen molar-refractivity contribution in [1.29, 1.82) is 0 Å². The summed E-state index contributed by atoms with van der Waals surface area (Å²) in [6.07, 6.45) is 0. The third-order valence-electron chi connectivity index (χ3n) is 6.39. The average Bonchev–Trinajstić information content (AvgIpc) is 2.87. The SMILES string of the molecule is Cc1ccc(S(=O)(=O)N(CC(=O)N(Cc2ccc(Br)cc2)C(C)C(=O)NC(C)C)c2cc(C)ccc2C)cc1. The maximum absolute atomic E-state index is 14.0. The van der Waals surface area contributed by atoms with E-state index in [1.54, 1.807) is 37.3 Å². The average molecular weight is 615 g/mol. The maximum atomic E-state index is 14.0. The van der Waals surface area contributed by atoms with Gasteiger partial charge in [-0.05, 0) is 88.6 Å². The number of nitrogens with zero attached hydrogens (tertiary/aromatic N) is 2. The van der Waals surface area contributed by atoms with Crippen molar-refractivity contribution >= 4 is 43.5 Å². The van der Waals surface area contributed by atoms with Gasteiger partial charge in [0.2, 0.25) is 11.8 Å². The normalized spacial score (nSPS) is 12.2. The standard InChI is InChI=1S/C30H36BrN3O4S/c1-20(2)32-30(36)24(6)33(18-25-11-13-26(31)14-12-25)29(35)19-34(28-17-22(4)7-10-23(28)5)39(37,38)27-15-8-21(3)9-16-27/h7-17,20,24H,18-19H2,1-6H3,(H,32,36). The molecule has 0 aliphatic carbocycles. The summed E-state index contributed by atoms with van der Waals surface area (Å²) in [6.45, 7) is 10.6. The molecule has 0 saturated carbocycles. The van der Waals surface area contributed by atoms with E-state index in [4.69, 9.17) is 0 Å². The van der Waals surface area contributed by atoms with Crippen LogP contribution in [0.25, 0.3) is 0 Å². The van der Waals surface area contributed by atoms with Gasteiger partial charge in [0, 0.05) is 17.1 Å². The van der Waals surface area contributed by atoms with E-state index in [0.29, 0.717) is 11.3 Å². The molecule has 208 valence electrons. The largest absolute Gasteiger partial charge is 0.352 e. The number of amides is 2. The van der Waals surface area contributed by atoms with Crippen molar-refractivity contribution in [1.82, 2.24) is 10.2 Å². The van der Waals surface area contributed by atoms with Crippen molar-refractivity contribution in [3.63, 3.8) is 0 Å². The molecule has 0 bridgehead atoms. The van der Waals surface area contributed by atoms with Crippen LogP contribution in [0.1, 0.15) is 43.0 Å². The van der Waals surface area contributed by atoms with Crippen molar-refractivity contribution in [3.05, 3.63) is 93.5 Å². The topological polar surface area (TPSA) is 86.8 Å². The van der Waals surface area contributed by atoms with E-state index >= 15 is 0 Å². The highest BCUT2D eigenvalue weighted by molar-refractivity contribution is 9.10. The molecule has 1 atom stereocenters. The zero-order valence-electron chi connectivity index (χ0n) is 23.2. The molecule has 9 heteroatoms. The third kappa shape index (κ3) is 7.70. The van der Waals surface area contributed by atoms with Gasteiger partial charge >= 0.3 is 0 Å². The van der Waals surface area contributed by atoms with Gasteiger partial charge in [0.25, 0.3) is 10.0 Å². The lowest BCUT2D eigenvalue weighted by molar-refractivity contribution is -0.139. The van der Waals surface area contributed by atoms with Crippen LogP contribution in [0.3, 0.4) is 0 Å². The van der Waals surface area contributed by atoms with Crippen LogP contribution in [-0.4, -0.2) is 43.8 Å². The highest BCUT2D eigenvalue weighted by atomic mass is 79.9. The molecular weight excluding hydrogens is 578 g/mol. The minimum atomic E-state index is -4.10. The second-order valence-corrected chi connectivity index (χ2v) is 12.9. The van der Waals surface area contributed by atoms with E-state index in [9.17, 15) is 18.0 Å². The number of hydrogen-bond donors (Lipinski definition) is 1. The maximum Gasteiger partial charge on any atom is 0.264 e. The first-order valence-corrected chi connectivity index (χ1v) is 15.0. The van der Waals surface area contributed by atoms with Crippen LogP contribution in [0.4, 0.5) is 5.69 Å². The van der Waals surface area contributed by atoms with Crippen LogP contribution in [0.15, 0.2) is 76.1 Å². The molecule has 2 amide bonds. The number of carbonyl (C=O) groups is 2. The summed E-state index contributed by atoms with van der Waals surface area (Å²) in [7, 11) is -4.10. The quantitative estimate of drug-likeness (QED) is 0.326. The van der Waals surface area contributed by atoms with E-state index in [1.807, 2.05) is 71.0 Å². The molecule has 0 radical (unpaired) electrons. The fourth-order valence-corrected chi connectivity index (χ4v) is 5.85. The lowest BCUT2D eigenvalue weighted by Gasteiger charge is -2.33. The Kier molecular flexibility index (Phi) is 9.96. The van der Waals surface area contributed by atoms with Crippen molar-refractivity contribution in [3.8, 4) is 0 Å². The van der Waals surface area contributed by atoms with Crippen LogP contribution in [0, 0.1) is 20.8 Å². The van der Waals surface area contributed by atoms with Crippen LogP contribution >= 0.6 is 15.9 Å². The zero-order chi connectivity index (χ0) is 28.9. The molecule has 3 aromatic carbocycles. The van der Waals surface area contributed by atoms with Gasteiger partial charge in [0.05, 0.1) is 10.6 Å². The first-order valence-electron chi connectivity index (χ1n) is 12.8. The number of anilines is 1. The summed E-state index contributed by atoms with van der Waals surface area (Å²) >= 11 is 3.42. The molecule has 0 saturated heterocycles. The number of rotatable bonds is 10. The van der Waals surface area contributed by atoms with Crippen molar-refractivity contribution in [2.75, 3.05) is 10.8 Å². The molecule has 0 aliphatic rings. The lowest BCUT2D eigenvalue weighted by atomic mass is 10.1. The highest BCUT2D eigenvalue weighted by Crippen LogP contribution is 2.29. The van der Waals surface area contributed by atoms with Gasteiger partial charge in [-0.2, -0.15) is 0 Å². The van der Waals surface area contributed by atoms with Crippen LogP contribution < -0.4 is 9.62 Å². The van der Waals surface area contributed by atoms with Gasteiger partial charge in [-0.3, -0.25) is 13.9 Å². The molecule has 39 heavy (non-hydrogen) atoms. The summed E-state index contributed by atoms with van der Waals surface area (Å²) in [6, 6.07) is 18.6. The van der Waals surface area contributed by atoms with E-state index in [2.05, 4.69) is 21.2 Å². The predicted octanol–water partition coefficient (Wildman–Crippen LogP) is 5.51. The molecule has 7 nitrogen and oxygen atoms in total. The number of hydrogen-bond acceptors (Lipinski definition) is 4. The minimum absolute atomic E-state index is 0.0897. The molecule has 0 spiro atoms. The molecule has 0 fully saturated rings. The summed E-state index contributed by atoms with van der Waals surface area (Å²) in [5.41, 5.74) is 3.74. The van der Waals surface area contributed by atoms with Gasteiger partial charge in [-0.1, -0.05) is 57.9 Å². The second-order valence-electron chi connectivity index (χ2n) is 10.1. The Balaban J connectivity index is 2.07. The van der Waals surface area contributed by atoms with Crippen molar-refractivity contribution < 1.29 is 18.0 Å². The van der Waals surface area contributed by atoms with E-state index in [-0.39, 0.29) is 23.4 Å². The summed E-state index contributed by atoms with van der Waals surface area (Å²) in [5.74, 6) is -0.795. The molecule has 3 aromatic rings. The van der Waals surface area contributed by atoms with E-state index in [1.165, 1.54) is 4.90 Å². The van der Waals surface area contributed by atoms with Gasteiger partial charge in [-0.15, -0.1) is 0 Å². The highest BCUT2D eigenvalue weighted by Gasteiger charge is 2.33. The molecule has 0 aromatic heterocycles. The number of carbonyl (C=O) groups excluding carboxylic acids is 2. The number of halogens is 1. The first-order chi connectivity index (χ1) is 18.3. The van der Waals surface area contributed by atoms with Crippen molar-refractivity contribution in [2.24, 2.45) is 0 Å². The van der Waals surface area contributed by atoms with Crippen molar-refractivity contribution in [2.45, 2.75) is 65.1 Å². The fraction of sp³-hybridized carbons (Fsp3) is 0.333. The monoisotopic (exact) mass is 613 g/mol. The molecule has 0 heterocycles. The summed E-state index contributed by atoms with van der Waals surface area (Å²) in [5, 5.41) is 2.86. The van der Waals surface area contributed by atoms with Gasteiger partial charge in [0.15, 0.2) is 0 Å².